The predicted octanol–water partition coefficient (Wildman–Crippen LogP) is 17.3. The van der Waals surface area contributed by atoms with Crippen LogP contribution >= 0.6 is 0 Å². The number of hydrogen-bond acceptors (Lipinski definition) is 17. The highest BCUT2D eigenvalue weighted by Gasteiger charge is 2.50. The summed E-state index contributed by atoms with van der Waals surface area (Å²) in [6.45, 7) is 14.6. The lowest BCUT2D eigenvalue weighted by molar-refractivity contribution is -0.277. The van der Waals surface area contributed by atoms with E-state index in [4.69, 9.17) is 57.2 Å². The Balaban J connectivity index is 0.000000271. The van der Waals surface area contributed by atoms with Gasteiger partial charge in [0.25, 0.3) is 0 Å². The summed E-state index contributed by atoms with van der Waals surface area (Å²) in [6, 6.07) is 99.2. The number of para-hydroxylation sites is 2. The maximum atomic E-state index is 10.4. The van der Waals surface area contributed by atoms with Gasteiger partial charge in [-0.05, 0) is 68.8 Å². The van der Waals surface area contributed by atoms with Crippen molar-refractivity contribution in [3.8, 4) is 11.5 Å². The van der Waals surface area contributed by atoms with Crippen molar-refractivity contribution in [3.63, 3.8) is 0 Å². The maximum Gasteiger partial charge on any atom is 0.302 e. The number of aromatic hydroxyl groups is 1. The first kappa shape index (κ1) is 88.2. The second-order valence-corrected chi connectivity index (χ2v) is 24.5. The van der Waals surface area contributed by atoms with Crippen LogP contribution < -0.4 is 4.74 Å². The molecule has 0 unspecified atom stereocenters. The molecular formula is C92H110O17. The number of carbonyl (C=O) groups excluding carboxylic acids is 2. The number of esters is 2. The molecule has 2 aliphatic rings. The molecule has 0 bridgehead atoms. The number of phenols is 1. The topological polar surface area (TPSA) is 195 Å². The fourth-order valence-electron chi connectivity index (χ4n) is 11.2. The molecule has 0 amide bonds. The van der Waals surface area contributed by atoms with Gasteiger partial charge in [0.2, 0.25) is 0 Å². The normalized spacial score (nSPS) is 18.7. The van der Waals surface area contributed by atoms with Crippen LogP contribution in [0.3, 0.4) is 0 Å². The van der Waals surface area contributed by atoms with Crippen molar-refractivity contribution in [2.24, 2.45) is 0 Å². The van der Waals surface area contributed by atoms with Crippen molar-refractivity contribution in [2.45, 2.75) is 155 Å². The molecule has 0 aliphatic carbocycles. The number of rotatable bonds is 30. The Morgan fingerprint density at radius 2 is 0.495 bits per heavy atom. The molecule has 2 heterocycles. The zero-order chi connectivity index (χ0) is 77.7. The summed E-state index contributed by atoms with van der Waals surface area (Å²) in [5, 5.41) is 19.1. The highest BCUT2D eigenvalue weighted by atomic mass is 16.6. The number of aliphatic hydroxyl groups excluding tert-OH is 1. The number of ether oxygens (including phenoxy) is 13. The molecule has 0 radical (unpaired) electrons. The first-order valence-electron chi connectivity index (χ1n) is 37.1. The number of hydrogen-bond donors (Lipinski definition) is 2. The molecule has 10 atom stereocenters. The van der Waals surface area contributed by atoms with Gasteiger partial charge in [0.15, 0.2) is 0 Å². The number of methoxy groups -OCH3 is 2. The second kappa shape index (κ2) is 54.0. The van der Waals surface area contributed by atoms with Crippen LogP contribution in [0.15, 0.2) is 303 Å². The molecule has 17 nitrogen and oxygen atoms in total. The van der Waals surface area contributed by atoms with Crippen molar-refractivity contribution in [3.05, 3.63) is 348 Å². The summed E-state index contributed by atoms with van der Waals surface area (Å²) >= 11 is 0. The first-order chi connectivity index (χ1) is 53.5. The zero-order valence-electron chi connectivity index (χ0n) is 64.1. The first-order valence-corrected chi connectivity index (χ1v) is 37.1. The number of benzene rings is 10. The van der Waals surface area contributed by atoms with Gasteiger partial charge in [0.05, 0.1) is 86.9 Å². The van der Waals surface area contributed by atoms with Crippen molar-refractivity contribution >= 4 is 11.9 Å². The maximum absolute atomic E-state index is 10.4. The van der Waals surface area contributed by atoms with Gasteiger partial charge < -0.3 is 71.8 Å². The van der Waals surface area contributed by atoms with E-state index in [1.165, 1.54) is 28.1 Å². The monoisotopic (exact) mass is 1490 g/mol. The Bertz CT molecular complexity index is 3830. The van der Waals surface area contributed by atoms with Gasteiger partial charge in [-0.15, -0.1) is 0 Å². The van der Waals surface area contributed by atoms with Gasteiger partial charge >= 0.3 is 11.9 Å². The van der Waals surface area contributed by atoms with E-state index in [-0.39, 0.29) is 31.8 Å². The van der Waals surface area contributed by atoms with Crippen LogP contribution in [0.1, 0.15) is 86.1 Å². The molecular weight excluding hydrogens is 1380 g/mol. The van der Waals surface area contributed by atoms with Gasteiger partial charge in [-0.3, -0.25) is 9.59 Å². The average Bonchev–Trinajstić information content (AvgIpc) is 0.794. The van der Waals surface area contributed by atoms with Crippen LogP contribution in [0.2, 0.25) is 0 Å². The third kappa shape index (κ3) is 34.2. The third-order valence-corrected chi connectivity index (χ3v) is 16.6. The number of carbonyl (C=O) groups is 2. The van der Waals surface area contributed by atoms with E-state index in [1.54, 1.807) is 24.3 Å². The van der Waals surface area contributed by atoms with E-state index in [0.717, 1.165) is 50.3 Å². The van der Waals surface area contributed by atoms with Crippen molar-refractivity contribution in [1.82, 2.24) is 0 Å². The summed E-state index contributed by atoms with van der Waals surface area (Å²) in [5.41, 5.74) is 8.48. The van der Waals surface area contributed by atoms with Crippen molar-refractivity contribution in [2.75, 3.05) is 40.6 Å². The largest absolute Gasteiger partial charge is 0.508 e. The molecule has 2 saturated heterocycles. The standard InChI is InChI=1S/C41H42O6.C35H38O6.C6H6O.2C3H6O2.2C2H6/c1-6-16-32(17-7-1)26-42-30-37-39(44-27-33-18-8-2-9-19-33)41(46-29-35-22-12-4-13-23-35)40(45-28-34-20-10-3-11-21-34)38(47-37)31-43-36-24-14-5-15-25-36;36-21-31-33(38-23-28-15-7-2-8-16-28)35(40-25-30-19-11-4-12-20-30)34(39-24-29-17-9-3-10-18-29)32(41-31)26-37-22-27-13-5-1-6-14-27;7-6-4-2-1-3-5-6;2*1-3(4)5-2;2*1-2/h1-25,37-41H,26-31H2;1-20,31-36H,21-26H2;1-5,7H;2*1-2H3;2*1-2H3/t37-,38+,39-,40+,41+;31-,32+,33-,34+,35+;;;;;/m10...../s1. The van der Waals surface area contributed by atoms with Gasteiger partial charge in [-0.25, -0.2) is 0 Å². The molecule has 580 valence electrons. The molecule has 17 heteroatoms. The number of phenolic OH excluding ortho intramolecular Hbond substituents is 1. The number of aliphatic hydroxyl groups is 1. The summed E-state index contributed by atoms with van der Waals surface area (Å²) in [7, 11) is 2.70. The summed E-state index contributed by atoms with van der Waals surface area (Å²) in [6.07, 6.45) is -5.01. The highest BCUT2D eigenvalue weighted by molar-refractivity contribution is 5.65. The fraction of sp³-hybridized carbons (Fsp3) is 0.326. The molecule has 10 aromatic carbocycles. The van der Waals surface area contributed by atoms with Crippen LogP contribution in [0, 0.1) is 0 Å². The Labute approximate surface area is 645 Å². The van der Waals surface area contributed by atoms with Gasteiger partial charge in [-0.2, -0.15) is 0 Å². The van der Waals surface area contributed by atoms with E-state index in [2.05, 4.69) is 58.0 Å². The molecule has 109 heavy (non-hydrogen) atoms. The molecule has 2 fully saturated rings. The van der Waals surface area contributed by atoms with Crippen LogP contribution in [-0.2, 0) is 119 Å². The average molecular weight is 1490 g/mol. The summed E-state index contributed by atoms with van der Waals surface area (Å²) in [5.74, 6) is 0.594. The quantitative estimate of drug-likeness (QED) is 0.0403. The Hall–Kier alpha value is -9.70. The van der Waals surface area contributed by atoms with E-state index in [9.17, 15) is 14.7 Å². The lowest BCUT2D eigenvalue weighted by atomic mass is 9.94. The van der Waals surface area contributed by atoms with Gasteiger partial charge in [0.1, 0.15) is 79.1 Å². The molecule has 0 saturated carbocycles. The molecule has 0 aromatic heterocycles. The van der Waals surface area contributed by atoms with E-state index >= 15 is 0 Å². The van der Waals surface area contributed by atoms with Crippen LogP contribution in [0.5, 0.6) is 11.5 Å². The van der Waals surface area contributed by atoms with Crippen molar-refractivity contribution < 1.29 is 81.4 Å². The predicted molar refractivity (Wildman–Crippen MR) is 425 cm³/mol. The Morgan fingerprint density at radius 1 is 0.294 bits per heavy atom. The lowest BCUT2D eigenvalue weighted by Gasteiger charge is -2.46. The second-order valence-electron chi connectivity index (χ2n) is 24.5. The minimum atomic E-state index is -0.610. The van der Waals surface area contributed by atoms with Gasteiger partial charge in [0, 0.05) is 13.8 Å². The van der Waals surface area contributed by atoms with Crippen LogP contribution in [0.25, 0.3) is 0 Å². The van der Waals surface area contributed by atoms with E-state index < -0.39 is 61.0 Å². The third-order valence-electron chi connectivity index (χ3n) is 16.6. The van der Waals surface area contributed by atoms with Gasteiger partial charge in [-0.1, -0.05) is 307 Å². The SMILES string of the molecule is CC.CC.COC(C)=O.COC(C)=O.OC[C@@H]1O[C@H](COCc2ccccc2)[C@@H](OCc2ccccc2)[C@H](OCc2ccccc2)[C@H]1OCc1ccccc1.Oc1ccccc1.c1ccc(COC[C@H]2O[C@@H](COc3ccccc3)[C@H](OCc3ccccc3)[C@@H](OCc3ccccc3)[C@@H]2OCc2ccccc2)cc1. The van der Waals surface area contributed by atoms with Crippen molar-refractivity contribution in [1.29, 1.82) is 0 Å². The molecule has 2 N–H and O–H groups in total. The van der Waals surface area contributed by atoms with E-state index in [1.807, 2.05) is 258 Å². The molecule has 2 aliphatic heterocycles. The van der Waals surface area contributed by atoms with E-state index in [0.29, 0.717) is 65.2 Å². The van der Waals surface area contributed by atoms with Crippen LogP contribution in [0.4, 0.5) is 0 Å². The summed E-state index contributed by atoms with van der Waals surface area (Å²) < 4.78 is 80.1. The Kier molecular flexibility index (Phi) is 43.7. The molecule has 10 aromatic rings. The minimum Gasteiger partial charge on any atom is -0.508 e. The minimum absolute atomic E-state index is 0.217. The molecule has 0 spiro atoms. The lowest BCUT2D eigenvalue weighted by Crippen LogP contribution is -2.62. The zero-order valence-corrected chi connectivity index (χ0v) is 64.1. The molecule has 12 rings (SSSR count). The smallest absolute Gasteiger partial charge is 0.302 e. The van der Waals surface area contributed by atoms with Crippen LogP contribution in [-0.4, -0.2) is 124 Å². The fourth-order valence-corrected chi connectivity index (χ4v) is 11.2. The summed E-state index contributed by atoms with van der Waals surface area (Å²) in [4.78, 5) is 19.2. The Morgan fingerprint density at radius 3 is 0.725 bits per heavy atom. The highest BCUT2D eigenvalue weighted by Crippen LogP contribution is 2.34.